The van der Waals surface area contributed by atoms with E-state index < -0.39 is 10.0 Å². The number of benzene rings is 3. The van der Waals surface area contributed by atoms with E-state index in [1.165, 1.54) is 28.8 Å². The van der Waals surface area contributed by atoms with E-state index in [-0.39, 0.29) is 4.90 Å². The summed E-state index contributed by atoms with van der Waals surface area (Å²) in [7, 11) is -4.06. The molecule has 0 fully saturated rings. The van der Waals surface area contributed by atoms with Gasteiger partial charge in [-0.3, -0.25) is 4.79 Å². The molecular formula is C34H35N3O3S. The number of hydrogen-bond donors (Lipinski definition) is 0. The molecule has 0 saturated heterocycles. The minimum atomic E-state index is -4.06. The zero-order chi connectivity index (χ0) is 29.0. The molecule has 3 aromatic carbocycles. The molecule has 5 rings (SSSR count). The van der Waals surface area contributed by atoms with Crippen molar-refractivity contribution >= 4 is 33.2 Å². The quantitative estimate of drug-likeness (QED) is 0.157. The molecule has 6 nitrogen and oxygen atoms in total. The van der Waals surface area contributed by atoms with Crippen LogP contribution in [0.25, 0.3) is 22.2 Å². The van der Waals surface area contributed by atoms with Crippen LogP contribution in [0.2, 0.25) is 0 Å². The SMILES string of the molecule is CCCc1cc(C)c2cc(CCC)n(Cc3ccc(-c4ccccc4N(C=O)S(=O)(=O)c4ccccc4)cc3)c2n1. The number of sulfonamides is 1. The summed E-state index contributed by atoms with van der Waals surface area (Å²) in [6.07, 6.45) is 4.39. The minimum absolute atomic E-state index is 0.0602. The summed E-state index contributed by atoms with van der Waals surface area (Å²) in [6.45, 7) is 7.22. The molecule has 41 heavy (non-hydrogen) atoms. The molecule has 210 valence electrons. The first-order chi connectivity index (χ1) is 19.9. The van der Waals surface area contributed by atoms with Gasteiger partial charge < -0.3 is 4.57 Å². The molecular weight excluding hydrogens is 530 g/mol. The number of para-hydroxylation sites is 1. The van der Waals surface area contributed by atoms with Gasteiger partial charge in [0, 0.05) is 28.9 Å². The molecule has 0 N–H and O–H groups in total. The number of anilines is 1. The number of amides is 1. The van der Waals surface area contributed by atoms with Gasteiger partial charge in [-0.15, -0.1) is 0 Å². The fourth-order valence-corrected chi connectivity index (χ4v) is 6.61. The lowest BCUT2D eigenvalue weighted by Crippen LogP contribution is -2.30. The van der Waals surface area contributed by atoms with Gasteiger partial charge >= 0.3 is 0 Å². The number of hydrogen-bond acceptors (Lipinski definition) is 4. The Bertz CT molecular complexity index is 1780. The van der Waals surface area contributed by atoms with E-state index in [4.69, 9.17) is 4.98 Å². The molecule has 0 aliphatic carbocycles. The third kappa shape index (κ3) is 5.68. The number of rotatable bonds is 11. The summed E-state index contributed by atoms with van der Waals surface area (Å²) in [4.78, 5) is 17.3. The van der Waals surface area contributed by atoms with Crippen LogP contribution in [0.4, 0.5) is 5.69 Å². The molecule has 0 radical (unpaired) electrons. The number of carbonyl (C=O) groups is 1. The lowest BCUT2D eigenvalue weighted by Gasteiger charge is -2.21. The van der Waals surface area contributed by atoms with Crippen molar-refractivity contribution in [3.8, 4) is 11.1 Å². The second-order valence-corrected chi connectivity index (χ2v) is 12.1. The second kappa shape index (κ2) is 12.1. The lowest BCUT2D eigenvalue weighted by atomic mass is 10.0. The van der Waals surface area contributed by atoms with Gasteiger partial charge in [-0.2, -0.15) is 0 Å². The Kier molecular flexibility index (Phi) is 8.36. The average molecular weight is 566 g/mol. The number of carbonyl (C=O) groups excluding carboxylic acids is 1. The standard InChI is InChI=1S/C34H35N3O3S/c1-4-11-28-21-25(3)32-22-29(12-5-2)36(34(32)35-28)23-26-17-19-27(20-18-26)31-15-9-10-16-33(31)37(24-38)41(39,40)30-13-7-6-8-14-30/h6-10,13-22,24H,4-5,11-12,23H2,1-3H3. The largest absolute Gasteiger partial charge is 0.325 e. The van der Waals surface area contributed by atoms with E-state index in [9.17, 15) is 13.2 Å². The van der Waals surface area contributed by atoms with Gasteiger partial charge in [0.2, 0.25) is 6.41 Å². The second-order valence-electron chi connectivity index (χ2n) is 10.3. The van der Waals surface area contributed by atoms with Crippen LogP contribution in [0.5, 0.6) is 0 Å². The zero-order valence-corrected chi connectivity index (χ0v) is 24.6. The fraction of sp³-hybridized carbons (Fsp3) is 0.235. The first-order valence-electron chi connectivity index (χ1n) is 14.1. The Morgan fingerprint density at radius 1 is 0.854 bits per heavy atom. The van der Waals surface area contributed by atoms with E-state index in [0.29, 0.717) is 24.2 Å². The first kappa shape index (κ1) is 28.3. The van der Waals surface area contributed by atoms with Gasteiger partial charge in [0.05, 0.1) is 10.6 Å². The molecule has 2 aromatic heterocycles. The van der Waals surface area contributed by atoms with Crippen LogP contribution < -0.4 is 4.31 Å². The van der Waals surface area contributed by atoms with Crippen LogP contribution >= 0.6 is 0 Å². The minimum Gasteiger partial charge on any atom is -0.325 e. The normalized spacial score (nSPS) is 11.6. The summed E-state index contributed by atoms with van der Waals surface area (Å²) in [5, 5.41) is 1.20. The van der Waals surface area contributed by atoms with Crippen LogP contribution in [0.15, 0.2) is 95.9 Å². The number of nitrogens with zero attached hydrogens (tertiary/aromatic N) is 3. The van der Waals surface area contributed by atoms with Gasteiger partial charge in [-0.05, 0) is 66.8 Å². The van der Waals surface area contributed by atoms with Crippen LogP contribution in [-0.2, 0) is 34.2 Å². The number of aryl methyl sites for hydroxylation is 3. The Labute approximate surface area is 242 Å². The molecule has 0 bridgehead atoms. The third-order valence-electron chi connectivity index (χ3n) is 7.37. The molecule has 0 aliphatic heterocycles. The Morgan fingerprint density at radius 3 is 2.22 bits per heavy atom. The van der Waals surface area contributed by atoms with Crippen molar-refractivity contribution in [2.75, 3.05) is 4.31 Å². The highest BCUT2D eigenvalue weighted by Crippen LogP contribution is 2.34. The van der Waals surface area contributed by atoms with E-state index in [1.54, 1.807) is 30.3 Å². The molecule has 0 aliphatic rings. The van der Waals surface area contributed by atoms with Crippen molar-refractivity contribution in [2.45, 2.75) is 57.9 Å². The van der Waals surface area contributed by atoms with Gasteiger partial charge in [-0.1, -0.05) is 87.4 Å². The van der Waals surface area contributed by atoms with Crippen LogP contribution in [-0.4, -0.2) is 24.4 Å². The summed E-state index contributed by atoms with van der Waals surface area (Å²) in [6, 6.07) is 27.6. The average Bonchev–Trinajstić information content (AvgIpc) is 3.32. The van der Waals surface area contributed by atoms with Crippen LogP contribution in [0.1, 0.15) is 49.2 Å². The summed E-state index contributed by atoms with van der Waals surface area (Å²) < 4.78 is 29.8. The van der Waals surface area contributed by atoms with Crippen molar-refractivity contribution in [2.24, 2.45) is 0 Å². The highest BCUT2D eigenvalue weighted by Gasteiger charge is 2.26. The molecule has 0 spiro atoms. The maximum Gasteiger partial charge on any atom is 0.270 e. The molecule has 7 heteroatoms. The fourth-order valence-electron chi connectivity index (χ4n) is 5.35. The summed E-state index contributed by atoms with van der Waals surface area (Å²) in [5.41, 5.74) is 7.58. The van der Waals surface area contributed by atoms with E-state index in [2.05, 4.69) is 49.6 Å². The lowest BCUT2D eigenvalue weighted by molar-refractivity contribution is -0.106. The Balaban J connectivity index is 1.50. The van der Waals surface area contributed by atoms with Crippen LogP contribution in [0, 0.1) is 6.92 Å². The van der Waals surface area contributed by atoms with E-state index in [1.807, 2.05) is 24.3 Å². The first-order valence-corrected chi connectivity index (χ1v) is 15.5. The topological polar surface area (TPSA) is 72.3 Å². The molecule has 0 saturated carbocycles. The van der Waals surface area contributed by atoms with Crippen molar-refractivity contribution in [3.63, 3.8) is 0 Å². The highest BCUT2D eigenvalue weighted by molar-refractivity contribution is 7.93. The number of pyridine rings is 1. The Hall–Kier alpha value is -4.23. The van der Waals surface area contributed by atoms with E-state index >= 15 is 0 Å². The van der Waals surface area contributed by atoms with Crippen molar-refractivity contribution in [1.29, 1.82) is 0 Å². The molecule has 5 aromatic rings. The molecule has 1 amide bonds. The zero-order valence-electron chi connectivity index (χ0n) is 23.7. The third-order valence-corrected chi connectivity index (χ3v) is 9.04. The summed E-state index contributed by atoms with van der Waals surface area (Å²) >= 11 is 0. The molecule has 0 atom stereocenters. The maximum absolute atomic E-state index is 13.3. The molecule has 2 heterocycles. The van der Waals surface area contributed by atoms with E-state index in [0.717, 1.165) is 52.5 Å². The molecule has 0 unspecified atom stereocenters. The number of fused-ring (bicyclic) bond motifs is 1. The van der Waals surface area contributed by atoms with Crippen molar-refractivity contribution in [1.82, 2.24) is 9.55 Å². The van der Waals surface area contributed by atoms with Crippen molar-refractivity contribution in [3.05, 3.63) is 114 Å². The predicted octanol–water partition coefficient (Wildman–Crippen LogP) is 7.32. The number of aromatic nitrogens is 2. The summed E-state index contributed by atoms with van der Waals surface area (Å²) in [5.74, 6) is 0. The van der Waals surface area contributed by atoms with Gasteiger partial charge in [0.25, 0.3) is 10.0 Å². The van der Waals surface area contributed by atoms with Gasteiger partial charge in [-0.25, -0.2) is 17.7 Å². The van der Waals surface area contributed by atoms with Crippen LogP contribution in [0.3, 0.4) is 0 Å². The van der Waals surface area contributed by atoms with Gasteiger partial charge in [0.1, 0.15) is 5.65 Å². The van der Waals surface area contributed by atoms with Crippen molar-refractivity contribution < 1.29 is 13.2 Å². The smallest absolute Gasteiger partial charge is 0.270 e. The Morgan fingerprint density at radius 2 is 1.54 bits per heavy atom. The predicted molar refractivity (Wildman–Crippen MR) is 166 cm³/mol. The van der Waals surface area contributed by atoms with Gasteiger partial charge in [0.15, 0.2) is 0 Å². The maximum atomic E-state index is 13.3. The monoisotopic (exact) mass is 565 g/mol. The highest BCUT2D eigenvalue weighted by atomic mass is 32.2.